The highest BCUT2D eigenvalue weighted by Crippen LogP contribution is 2.32. The zero-order valence-electron chi connectivity index (χ0n) is 10.4. The number of benzene rings is 1. The first-order chi connectivity index (χ1) is 10.2. The molecule has 2 rings (SSSR count). The molecule has 0 bridgehead atoms. The summed E-state index contributed by atoms with van der Waals surface area (Å²) in [4.78, 5) is 19.9. The van der Waals surface area contributed by atoms with E-state index in [1.165, 1.54) is 6.07 Å². The van der Waals surface area contributed by atoms with Gasteiger partial charge in [0.2, 0.25) is 0 Å². The third kappa shape index (κ3) is 3.50. The second-order valence-corrected chi connectivity index (χ2v) is 8.77. The van der Waals surface area contributed by atoms with Crippen LogP contribution >= 0.6 is 33.9 Å². The minimum atomic E-state index is -3.99. The Balaban J connectivity index is 2.45. The van der Waals surface area contributed by atoms with Gasteiger partial charge < -0.3 is 0 Å². The first-order valence-electron chi connectivity index (χ1n) is 5.42. The number of thiophene rings is 1. The Morgan fingerprint density at radius 1 is 1.09 bits per heavy atom. The fraction of sp³-hybridized carbons (Fsp3) is 0. The summed E-state index contributed by atoms with van der Waals surface area (Å²) >= 11 is 2.94. The smallest absolute Gasteiger partial charge is 0.272 e. The summed E-state index contributed by atoms with van der Waals surface area (Å²) in [6.45, 7) is 0. The molecule has 22 heavy (non-hydrogen) atoms. The van der Waals surface area contributed by atoms with E-state index in [0.29, 0.717) is 6.07 Å². The van der Waals surface area contributed by atoms with E-state index in [0.717, 1.165) is 26.4 Å². The Morgan fingerprint density at radius 3 is 2.27 bits per heavy atom. The van der Waals surface area contributed by atoms with Crippen LogP contribution in [0.4, 0.5) is 17.1 Å². The lowest BCUT2D eigenvalue weighted by atomic mass is 10.2. The number of anilines is 1. The normalized spacial score (nSPS) is 11.1. The third-order valence-electron chi connectivity index (χ3n) is 2.45. The highest BCUT2D eigenvalue weighted by atomic mass is 127. The summed E-state index contributed by atoms with van der Waals surface area (Å²) in [6.07, 6.45) is 0. The topological polar surface area (TPSA) is 132 Å². The highest BCUT2D eigenvalue weighted by molar-refractivity contribution is 14.1. The van der Waals surface area contributed by atoms with E-state index in [-0.39, 0.29) is 9.90 Å². The van der Waals surface area contributed by atoms with E-state index in [9.17, 15) is 28.6 Å². The first-order valence-corrected chi connectivity index (χ1v) is 8.79. The van der Waals surface area contributed by atoms with Crippen LogP contribution in [0.3, 0.4) is 0 Å². The monoisotopic (exact) mass is 455 g/mol. The maximum absolute atomic E-state index is 12.1. The molecule has 0 aliphatic rings. The zero-order valence-corrected chi connectivity index (χ0v) is 14.2. The van der Waals surface area contributed by atoms with E-state index in [1.807, 2.05) is 22.6 Å². The molecular weight excluding hydrogens is 449 g/mol. The fourth-order valence-corrected chi connectivity index (χ4v) is 4.96. The minimum absolute atomic E-state index is 0.00968. The number of rotatable bonds is 5. The van der Waals surface area contributed by atoms with Gasteiger partial charge in [0.05, 0.1) is 18.8 Å². The van der Waals surface area contributed by atoms with Crippen molar-refractivity contribution in [1.82, 2.24) is 0 Å². The van der Waals surface area contributed by atoms with Gasteiger partial charge in [0.1, 0.15) is 9.90 Å². The van der Waals surface area contributed by atoms with Crippen molar-refractivity contribution in [3.8, 4) is 0 Å². The molecule has 0 amide bonds. The van der Waals surface area contributed by atoms with Gasteiger partial charge >= 0.3 is 0 Å². The summed E-state index contributed by atoms with van der Waals surface area (Å²) in [5.74, 6) is 0. The molecule has 1 aromatic carbocycles. The van der Waals surface area contributed by atoms with Gasteiger partial charge in [-0.2, -0.15) is 0 Å². The van der Waals surface area contributed by atoms with Crippen LogP contribution in [0.15, 0.2) is 34.5 Å². The molecule has 9 nitrogen and oxygen atoms in total. The molecule has 1 aromatic heterocycles. The number of sulfonamides is 1. The standard InChI is InChI=1S/C10H6IN3O6S2/c11-9-3-4-10(21-9)22(19,20)12-7-2-1-6(13(15)16)5-8(7)14(17)18/h1-5,12H. The second kappa shape index (κ2) is 6.13. The van der Waals surface area contributed by atoms with Crippen LogP contribution in [-0.2, 0) is 10.0 Å². The predicted octanol–water partition coefficient (Wildman–Crippen LogP) is 2.97. The van der Waals surface area contributed by atoms with Crippen molar-refractivity contribution in [2.24, 2.45) is 0 Å². The van der Waals surface area contributed by atoms with Gasteiger partial charge in [-0.25, -0.2) is 8.42 Å². The van der Waals surface area contributed by atoms with Crippen molar-refractivity contribution in [3.63, 3.8) is 0 Å². The third-order valence-corrected chi connectivity index (χ3v) is 6.20. The maximum Gasteiger partial charge on any atom is 0.300 e. The van der Waals surface area contributed by atoms with Crippen LogP contribution in [0.1, 0.15) is 0 Å². The number of hydrogen-bond acceptors (Lipinski definition) is 7. The zero-order chi connectivity index (χ0) is 16.5. The summed E-state index contributed by atoms with van der Waals surface area (Å²) in [5, 5.41) is 21.6. The lowest BCUT2D eigenvalue weighted by molar-refractivity contribution is -0.393. The largest absolute Gasteiger partial charge is 0.300 e. The average Bonchev–Trinajstić information content (AvgIpc) is 2.85. The van der Waals surface area contributed by atoms with Crippen LogP contribution in [0.2, 0.25) is 0 Å². The number of nitrogens with one attached hydrogen (secondary N) is 1. The molecule has 0 radical (unpaired) electrons. The Labute approximate surface area is 141 Å². The number of nitrogens with zero attached hydrogens (tertiary/aromatic N) is 2. The van der Waals surface area contributed by atoms with Gasteiger partial charge in [-0.3, -0.25) is 25.0 Å². The molecule has 1 heterocycles. The number of nitro benzene ring substituents is 2. The van der Waals surface area contributed by atoms with Crippen LogP contribution < -0.4 is 4.72 Å². The van der Waals surface area contributed by atoms with E-state index in [4.69, 9.17) is 0 Å². The van der Waals surface area contributed by atoms with Crippen molar-refractivity contribution < 1.29 is 18.3 Å². The van der Waals surface area contributed by atoms with Crippen LogP contribution in [0.5, 0.6) is 0 Å². The number of nitro groups is 2. The fourth-order valence-electron chi connectivity index (χ4n) is 1.51. The molecule has 116 valence electrons. The quantitative estimate of drug-likeness (QED) is 0.419. The molecule has 0 saturated carbocycles. The lowest BCUT2D eigenvalue weighted by Crippen LogP contribution is -2.12. The lowest BCUT2D eigenvalue weighted by Gasteiger charge is -2.06. The predicted molar refractivity (Wildman–Crippen MR) is 87.6 cm³/mol. The van der Waals surface area contributed by atoms with Gasteiger partial charge in [0, 0.05) is 6.07 Å². The van der Waals surface area contributed by atoms with Gasteiger partial charge in [0.15, 0.2) is 0 Å². The summed E-state index contributed by atoms with van der Waals surface area (Å²) in [5.41, 5.74) is -1.52. The molecule has 2 aromatic rings. The highest BCUT2D eigenvalue weighted by Gasteiger charge is 2.24. The minimum Gasteiger partial charge on any atom is -0.272 e. The van der Waals surface area contributed by atoms with Crippen molar-refractivity contribution in [1.29, 1.82) is 0 Å². The van der Waals surface area contributed by atoms with Crippen molar-refractivity contribution in [2.45, 2.75) is 4.21 Å². The second-order valence-electron chi connectivity index (χ2n) is 3.88. The molecule has 0 atom stereocenters. The van der Waals surface area contributed by atoms with Crippen molar-refractivity contribution >= 4 is 61.0 Å². The molecule has 0 unspecified atom stereocenters. The summed E-state index contributed by atoms with van der Waals surface area (Å²) in [6, 6.07) is 5.64. The maximum atomic E-state index is 12.1. The molecule has 0 spiro atoms. The molecule has 0 aliphatic carbocycles. The van der Waals surface area contributed by atoms with E-state index < -0.39 is 31.2 Å². The number of halogens is 1. The molecule has 0 saturated heterocycles. The van der Waals surface area contributed by atoms with Gasteiger partial charge in [0.25, 0.3) is 21.4 Å². The Hall–Kier alpha value is -1.80. The van der Waals surface area contributed by atoms with E-state index >= 15 is 0 Å². The van der Waals surface area contributed by atoms with E-state index in [1.54, 1.807) is 6.07 Å². The average molecular weight is 455 g/mol. The van der Waals surface area contributed by atoms with Crippen LogP contribution in [-0.4, -0.2) is 18.3 Å². The first kappa shape index (κ1) is 16.6. The Kier molecular flexibility index (Phi) is 4.62. The Bertz CT molecular complexity index is 863. The Morgan fingerprint density at radius 2 is 1.77 bits per heavy atom. The van der Waals surface area contributed by atoms with Crippen LogP contribution in [0, 0.1) is 23.1 Å². The molecular formula is C10H6IN3O6S2. The molecule has 0 fully saturated rings. The van der Waals surface area contributed by atoms with Crippen molar-refractivity contribution in [2.75, 3.05) is 4.72 Å². The van der Waals surface area contributed by atoms with Gasteiger partial charge in [-0.1, -0.05) is 0 Å². The summed E-state index contributed by atoms with van der Waals surface area (Å²) < 4.78 is 27.1. The molecule has 12 heteroatoms. The van der Waals surface area contributed by atoms with Gasteiger partial charge in [-0.15, -0.1) is 11.3 Å². The molecule has 1 N–H and O–H groups in total. The van der Waals surface area contributed by atoms with Crippen LogP contribution in [0.25, 0.3) is 0 Å². The number of hydrogen-bond donors (Lipinski definition) is 1. The van der Waals surface area contributed by atoms with E-state index in [2.05, 4.69) is 4.72 Å². The summed E-state index contributed by atoms with van der Waals surface area (Å²) in [7, 11) is -3.99. The number of non-ortho nitro benzene ring substituents is 1. The van der Waals surface area contributed by atoms with Gasteiger partial charge in [-0.05, 0) is 40.8 Å². The SMILES string of the molecule is O=[N+]([O-])c1ccc(NS(=O)(=O)c2ccc(I)s2)c([N+](=O)[O-])c1. The van der Waals surface area contributed by atoms with Crippen molar-refractivity contribution in [3.05, 3.63) is 53.4 Å². The molecule has 0 aliphatic heterocycles.